The Morgan fingerprint density at radius 2 is 1.70 bits per heavy atom. The molecule has 2 amide bonds. The van der Waals surface area contributed by atoms with E-state index in [1.54, 1.807) is 0 Å². The number of carboxylic acid groups (broad SMARTS) is 1. The van der Waals surface area contributed by atoms with Crippen LogP contribution in [0.5, 0.6) is 0 Å². The predicted octanol–water partition coefficient (Wildman–Crippen LogP) is 0.120. The number of carbonyl (C=O) groups excluding carboxylic acids is 1. The number of hydrogen-bond acceptors (Lipinski definition) is 4. The molecule has 0 aromatic rings. The molecule has 0 radical (unpaired) electrons. The average molecular weight is 290 g/mol. The van der Waals surface area contributed by atoms with Crippen LogP contribution >= 0.6 is 0 Å². The van der Waals surface area contributed by atoms with Crippen LogP contribution in [0.1, 0.15) is 26.7 Å². The van der Waals surface area contributed by atoms with Gasteiger partial charge in [0.2, 0.25) is 0 Å². The minimum absolute atomic E-state index is 0.0124. The summed E-state index contributed by atoms with van der Waals surface area (Å²) in [5, 5.41) is 29.2. The monoisotopic (exact) mass is 290 g/mol. The van der Waals surface area contributed by atoms with Crippen molar-refractivity contribution in [3.63, 3.8) is 0 Å². The largest absolute Gasteiger partial charge is 0.481 e. The topological polar surface area (TPSA) is 110 Å². The van der Waals surface area contributed by atoms with Gasteiger partial charge in [0.1, 0.15) is 0 Å². The van der Waals surface area contributed by atoms with Crippen LogP contribution in [0.2, 0.25) is 0 Å². The fourth-order valence-corrected chi connectivity index (χ4v) is 2.05. The summed E-state index contributed by atoms with van der Waals surface area (Å²) < 4.78 is 0. The third-order valence-electron chi connectivity index (χ3n) is 2.84. The van der Waals surface area contributed by atoms with Gasteiger partial charge < -0.3 is 25.5 Å². The van der Waals surface area contributed by atoms with Crippen molar-refractivity contribution in [3.05, 3.63) is 0 Å². The van der Waals surface area contributed by atoms with Gasteiger partial charge in [-0.05, 0) is 18.3 Å². The lowest BCUT2D eigenvalue weighted by Crippen LogP contribution is -2.44. The van der Waals surface area contributed by atoms with Crippen LogP contribution in [0.4, 0.5) is 4.79 Å². The lowest BCUT2D eigenvalue weighted by Gasteiger charge is -2.23. The van der Waals surface area contributed by atoms with Gasteiger partial charge in [-0.2, -0.15) is 0 Å². The number of carbonyl (C=O) groups is 2. The molecule has 0 aromatic heterocycles. The molecule has 0 aliphatic heterocycles. The number of hydrogen-bond donors (Lipinski definition) is 4. The molecule has 0 spiro atoms. The van der Waals surface area contributed by atoms with Gasteiger partial charge in [0, 0.05) is 26.1 Å². The molecule has 0 aliphatic carbocycles. The highest BCUT2D eigenvalue weighted by atomic mass is 16.4. The molecule has 1 atom stereocenters. The molecule has 7 heteroatoms. The number of urea groups is 1. The van der Waals surface area contributed by atoms with E-state index in [1.807, 2.05) is 13.8 Å². The first-order chi connectivity index (χ1) is 9.40. The standard InChI is InChI=1S/C13H26N2O5/c1-10(2)7-11(8-12(18)19)9-14-13(20)15(3-5-16)4-6-17/h10-11,16-17H,3-9H2,1-2H3,(H,14,20)(H,18,19). The van der Waals surface area contributed by atoms with E-state index in [0.717, 1.165) is 0 Å². The lowest BCUT2D eigenvalue weighted by molar-refractivity contribution is -0.138. The average Bonchev–Trinajstić information content (AvgIpc) is 2.34. The van der Waals surface area contributed by atoms with Crippen LogP contribution in [0.3, 0.4) is 0 Å². The number of nitrogens with one attached hydrogen (secondary N) is 1. The summed E-state index contributed by atoms with van der Waals surface area (Å²) in [5.41, 5.74) is 0. The molecule has 0 bridgehead atoms. The summed E-state index contributed by atoms with van der Waals surface area (Å²) in [4.78, 5) is 23.9. The van der Waals surface area contributed by atoms with E-state index in [2.05, 4.69) is 5.32 Å². The van der Waals surface area contributed by atoms with E-state index in [4.69, 9.17) is 15.3 Å². The third-order valence-corrected chi connectivity index (χ3v) is 2.84. The highest BCUT2D eigenvalue weighted by Gasteiger charge is 2.18. The smallest absolute Gasteiger partial charge is 0.317 e. The van der Waals surface area contributed by atoms with Gasteiger partial charge in [0.25, 0.3) is 0 Å². The fourth-order valence-electron chi connectivity index (χ4n) is 2.05. The number of carboxylic acids is 1. The first kappa shape index (κ1) is 18.7. The van der Waals surface area contributed by atoms with E-state index in [9.17, 15) is 9.59 Å². The zero-order valence-electron chi connectivity index (χ0n) is 12.2. The second-order valence-corrected chi connectivity index (χ2v) is 5.21. The Hall–Kier alpha value is -1.34. The van der Waals surface area contributed by atoms with Crippen LogP contribution in [-0.4, -0.2) is 65.1 Å². The van der Waals surface area contributed by atoms with E-state index in [-0.39, 0.29) is 45.2 Å². The first-order valence-electron chi connectivity index (χ1n) is 6.87. The van der Waals surface area contributed by atoms with Gasteiger partial charge >= 0.3 is 12.0 Å². The molecule has 4 N–H and O–H groups in total. The van der Waals surface area contributed by atoms with Gasteiger partial charge in [0.05, 0.1) is 13.2 Å². The quantitative estimate of drug-likeness (QED) is 0.457. The van der Waals surface area contributed by atoms with Crippen LogP contribution in [0.25, 0.3) is 0 Å². The fraction of sp³-hybridized carbons (Fsp3) is 0.846. The highest BCUT2D eigenvalue weighted by Crippen LogP contribution is 2.14. The maximum Gasteiger partial charge on any atom is 0.317 e. The maximum absolute atomic E-state index is 11.8. The van der Waals surface area contributed by atoms with E-state index >= 15 is 0 Å². The van der Waals surface area contributed by atoms with Crippen LogP contribution < -0.4 is 5.32 Å². The zero-order valence-corrected chi connectivity index (χ0v) is 12.2. The third kappa shape index (κ3) is 8.71. The number of rotatable bonds is 10. The van der Waals surface area contributed by atoms with Crippen molar-refractivity contribution in [2.24, 2.45) is 11.8 Å². The molecule has 1 unspecified atom stereocenters. The SMILES string of the molecule is CC(C)CC(CNC(=O)N(CCO)CCO)CC(=O)O. The Bertz CT molecular complexity index is 290. The number of aliphatic hydroxyl groups is 2. The van der Waals surface area contributed by atoms with E-state index in [0.29, 0.717) is 12.3 Å². The summed E-state index contributed by atoms with van der Waals surface area (Å²) in [7, 11) is 0. The van der Waals surface area contributed by atoms with Gasteiger partial charge in [-0.15, -0.1) is 0 Å². The number of aliphatic hydroxyl groups excluding tert-OH is 2. The van der Waals surface area contributed by atoms with Crippen molar-refractivity contribution in [1.29, 1.82) is 0 Å². The highest BCUT2D eigenvalue weighted by molar-refractivity contribution is 5.74. The van der Waals surface area contributed by atoms with Crippen molar-refractivity contribution in [2.75, 3.05) is 32.8 Å². The second-order valence-electron chi connectivity index (χ2n) is 5.21. The molecule has 118 valence electrons. The lowest BCUT2D eigenvalue weighted by atomic mass is 9.94. The molecule has 0 saturated heterocycles. The molecular formula is C13H26N2O5. The summed E-state index contributed by atoms with van der Waals surface area (Å²) >= 11 is 0. The number of nitrogens with zero attached hydrogens (tertiary/aromatic N) is 1. The maximum atomic E-state index is 11.8. The Kier molecular flexibility index (Phi) is 9.75. The molecule has 0 saturated carbocycles. The van der Waals surface area contributed by atoms with Crippen molar-refractivity contribution in [3.8, 4) is 0 Å². The summed E-state index contributed by atoms with van der Waals surface area (Å²) in [6.45, 7) is 4.19. The Morgan fingerprint density at radius 3 is 2.10 bits per heavy atom. The molecule has 0 fully saturated rings. The van der Waals surface area contributed by atoms with Crippen LogP contribution in [0.15, 0.2) is 0 Å². The van der Waals surface area contributed by atoms with Crippen molar-refractivity contribution in [1.82, 2.24) is 10.2 Å². The minimum Gasteiger partial charge on any atom is -0.481 e. The zero-order chi connectivity index (χ0) is 15.5. The van der Waals surface area contributed by atoms with Crippen LogP contribution in [0, 0.1) is 11.8 Å². The first-order valence-corrected chi connectivity index (χ1v) is 6.87. The van der Waals surface area contributed by atoms with Gasteiger partial charge in [-0.1, -0.05) is 13.8 Å². The van der Waals surface area contributed by atoms with Crippen molar-refractivity contribution in [2.45, 2.75) is 26.7 Å². The number of aliphatic carboxylic acids is 1. The molecule has 7 nitrogen and oxygen atoms in total. The summed E-state index contributed by atoms with van der Waals surface area (Å²) in [5.74, 6) is -0.656. The molecule has 0 heterocycles. The van der Waals surface area contributed by atoms with Gasteiger partial charge in [0.15, 0.2) is 0 Å². The molecule has 20 heavy (non-hydrogen) atoms. The Morgan fingerprint density at radius 1 is 1.15 bits per heavy atom. The summed E-state index contributed by atoms with van der Waals surface area (Å²) in [6, 6.07) is -0.396. The second kappa shape index (κ2) is 10.4. The Balaban J connectivity index is 4.35. The van der Waals surface area contributed by atoms with E-state index < -0.39 is 12.0 Å². The molecular weight excluding hydrogens is 264 g/mol. The molecule has 0 aromatic carbocycles. The van der Waals surface area contributed by atoms with Crippen molar-refractivity contribution >= 4 is 12.0 Å². The van der Waals surface area contributed by atoms with Gasteiger partial charge in [-0.3, -0.25) is 4.79 Å². The predicted molar refractivity (Wildman–Crippen MR) is 74.3 cm³/mol. The Labute approximate surface area is 119 Å². The minimum atomic E-state index is -0.882. The summed E-state index contributed by atoms with van der Waals surface area (Å²) in [6.07, 6.45) is 0.727. The van der Waals surface area contributed by atoms with E-state index in [1.165, 1.54) is 4.90 Å². The van der Waals surface area contributed by atoms with Crippen molar-refractivity contribution < 1.29 is 24.9 Å². The molecule has 0 aliphatic rings. The number of amides is 2. The molecule has 0 rings (SSSR count). The van der Waals surface area contributed by atoms with Crippen LogP contribution in [-0.2, 0) is 4.79 Å². The normalized spacial score (nSPS) is 12.2. The van der Waals surface area contributed by atoms with Gasteiger partial charge in [-0.25, -0.2) is 4.79 Å².